The van der Waals surface area contributed by atoms with Crippen LogP contribution in [0.2, 0.25) is 0 Å². The highest BCUT2D eigenvalue weighted by Gasteiger charge is 2.22. The zero-order chi connectivity index (χ0) is 13.7. The molecule has 0 saturated heterocycles. The summed E-state index contributed by atoms with van der Waals surface area (Å²) in [6.45, 7) is 0. The van der Waals surface area contributed by atoms with Gasteiger partial charge in [0, 0.05) is 6.07 Å². The molecule has 0 fully saturated rings. The van der Waals surface area contributed by atoms with Crippen LogP contribution in [0.25, 0.3) is 0 Å². The van der Waals surface area contributed by atoms with Crippen LogP contribution in [-0.4, -0.2) is 25.2 Å². The first-order valence-electron chi connectivity index (χ1n) is 4.86. The minimum absolute atomic E-state index is 0.00477. The Labute approximate surface area is 102 Å². The summed E-state index contributed by atoms with van der Waals surface area (Å²) >= 11 is 0. The molecule has 0 bridgehead atoms. The lowest BCUT2D eigenvalue weighted by Crippen LogP contribution is -2.10. The molecule has 5 nitrogen and oxygen atoms in total. The van der Waals surface area contributed by atoms with Gasteiger partial charge in [-0.05, 0) is 5.56 Å². The van der Waals surface area contributed by atoms with Gasteiger partial charge in [0.25, 0.3) is 6.43 Å². The van der Waals surface area contributed by atoms with Crippen molar-refractivity contribution in [1.82, 2.24) is 4.98 Å². The number of methoxy groups -OCH3 is 2. The van der Waals surface area contributed by atoms with E-state index in [0.717, 1.165) is 7.11 Å². The van der Waals surface area contributed by atoms with Crippen LogP contribution in [0.15, 0.2) is 6.07 Å². The number of hydrogen-bond acceptors (Lipinski definition) is 5. The third-order valence-electron chi connectivity index (χ3n) is 2.22. The Balaban J connectivity index is 3.35. The highest BCUT2D eigenvalue weighted by molar-refractivity contribution is 5.73. The van der Waals surface area contributed by atoms with E-state index in [1.165, 1.54) is 13.2 Å². The molecule has 0 aliphatic heterocycles. The van der Waals surface area contributed by atoms with Gasteiger partial charge in [-0.2, -0.15) is 5.26 Å². The molecule has 7 heteroatoms. The number of carbonyl (C=O) groups excluding carboxylic acids is 1. The second kappa shape index (κ2) is 5.91. The lowest BCUT2D eigenvalue weighted by Gasteiger charge is -2.11. The lowest BCUT2D eigenvalue weighted by atomic mass is 10.0. The van der Waals surface area contributed by atoms with Crippen LogP contribution in [-0.2, 0) is 16.0 Å². The second-order valence-electron chi connectivity index (χ2n) is 3.25. The molecule has 0 saturated carbocycles. The van der Waals surface area contributed by atoms with Crippen molar-refractivity contribution in [2.75, 3.05) is 14.2 Å². The Morgan fingerprint density at radius 2 is 2.22 bits per heavy atom. The number of aromatic nitrogens is 1. The van der Waals surface area contributed by atoms with Crippen LogP contribution in [0, 0.1) is 11.3 Å². The highest BCUT2D eigenvalue weighted by atomic mass is 19.3. The summed E-state index contributed by atoms with van der Waals surface area (Å²) in [5.74, 6) is -0.691. The topological polar surface area (TPSA) is 72.2 Å². The van der Waals surface area contributed by atoms with Gasteiger partial charge in [0.1, 0.15) is 6.07 Å². The van der Waals surface area contributed by atoms with Gasteiger partial charge in [0.2, 0.25) is 5.88 Å². The van der Waals surface area contributed by atoms with E-state index in [1.54, 1.807) is 6.07 Å². The van der Waals surface area contributed by atoms with Gasteiger partial charge in [0.05, 0.1) is 26.2 Å². The fraction of sp³-hybridized carbons (Fsp3) is 0.364. The number of halogens is 2. The highest BCUT2D eigenvalue weighted by Crippen LogP contribution is 2.28. The van der Waals surface area contributed by atoms with E-state index in [1.807, 2.05) is 0 Å². The summed E-state index contributed by atoms with van der Waals surface area (Å²) in [5.41, 5.74) is -1.05. The van der Waals surface area contributed by atoms with Crippen LogP contribution in [0.3, 0.4) is 0 Å². The van der Waals surface area contributed by atoms with E-state index in [2.05, 4.69) is 9.72 Å². The number of pyridine rings is 1. The van der Waals surface area contributed by atoms with Gasteiger partial charge in [-0.15, -0.1) is 0 Å². The first-order chi connectivity index (χ1) is 8.53. The monoisotopic (exact) mass is 256 g/mol. The van der Waals surface area contributed by atoms with E-state index in [9.17, 15) is 13.6 Å². The molecule has 0 unspecified atom stereocenters. The van der Waals surface area contributed by atoms with E-state index < -0.39 is 23.7 Å². The van der Waals surface area contributed by atoms with E-state index in [0.29, 0.717) is 0 Å². The van der Waals surface area contributed by atoms with Crippen LogP contribution < -0.4 is 4.74 Å². The van der Waals surface area contributed by atoms with Crippen LogP contribution >= 0.6 is 0 Å². The second-order valence-corrected chi connectivity index (χ2v) is 3.25. The van der Waals surface area contributed by atoms with Crippen molar-refractivity contribution in [1.29, 1.82) is 5.26 Å². The number of nitriles is 1. The van der Waals surface area contributed by atoms with E-state index >= 15 is 0 Å². The Morgan fingerprint density at radius 1 is 1.56 bits per heavy atom. The Morgan fingerprint density at radius 3 is 2.67 bits per heavy atom. The summed E-state index contributed by atoms with van der Waals surface area (Å²) < 4.78 is 35.0. The molecule has 1 rings (SSSR count). The first-order valence-corrected chi connectivity index (χ1v) is 4.86. The number of alkyl halides is 2. The van der Waals surface area contributed by atoms with Crippen molar-refractivity contribution in [2.45, 2.75) is 12.8 Å². The molecular weight excluding hydrogens is 246 g/mol. The molecule has 1 aromatic heterocycles. The summed E-state index contributed by atoms with van der Waals surface area (Å²) in [6.07, 6.45) is -3.28. The van der Waals surface area contributed by atoms with Gasteiger partial charge in [-0.25, -0.2) is 13.8 Å². The van der Waals surface area contributed by atoms with Gasteiger partial charge in [-0.1, -0.05) is 0 Å². The lowest BCUT2D eigenvalue weighted by molar-refractivity contribution is -0.139. The first kappa shape index (κ1) is 13.8. The zero-order valence-corrected chi connectivity index (χ0v) is 9.74. The van der Waals surface area contributed by atoms with Crippen LogP contribution in [0.5, 0.6) is 5.88 Å². The van der Waals surface area contributed by atoms with Gasteiger partial charge in [0.15, 0.2) is 5.69 Å². The van der Waals surface area contributed by atoms with Crippen molar-refractivity contribution < 1.29 is 23.0 Å². The molecule has 1 aromatic rings. The maximum Gasteiger partial charge on any atom is 0.309 e. The SMILES string of the molecule is COC(=O)Cc1cc(OC)nc(C#N)c1C(F)F. The third kappa shape index (κ3) is 2.91. The molecule has 0 amide bonds. The number of carbonyl (C=O) groups is 1. The summed E-state index contributed by atoms with van der Waals surface area (Å²) in [6, 6.07) is 2.75. The predicted octanol–water partition coefficient (Wildman–Crippen LogP) is 1.61. The maximum atomic E-state index is 12.9. The molecule has 0 aromatic carbocycles. The molecule has 1 heterocycles. The van der Waals surface area contributed by atoms with Crippen molar-refractivity contribution in [3.8, 4) is 11.9 Å². The summed E-state index contributed by atoms with van der Waals surface area (Å²) in [7, 11) is 2.43. The van der Waals surface area contributed by atoms with Crippen molar-refractivity contribution in [3.05, 3.63) is 22.9 Å². The quantitative estimate of drug-likeness (QED) is 0.765. The number of ether oxygens (including phenoxy) is 2. The molecule has 0 aliphatic rings. The Kier molecular flexibility index (Phi) is 4.54. The summed E-state index contributed by atoms with van der Waals surface area (Å²) in [4.78, 5) is 14.8. The van der Waals surface area contributed by atoms with Crippen molar-refractivity contribution >= 4 is 5.97 Å². The van der Waals surface area contributed by atoms with E-state index in [4.69, 9.17) is 10.00 Å². The van der Waals surface area contributed by atoms with E-state index in [-0.39, 0.29) is 17.9 Å². The molecule has 0 atom stereocenters. The van der Waals surface area contributed by atoms with Gasteiger partial charge >= 0.3 is 5.97 Å². The predicted molar refractivity (Wildman–Crippen MR) is 56.2 cm³/mol. The minimum Gasteiger partial charge on any atom is -0.481 e. The molecule has 96 valence electrons. The largest absolute Gasteiger partial charge is 0.481 e. The fourth-order valence-corrected chi connectivity index (χ4v) is 1.39. The van der Waals surface area contributed by atoms with Crippen molar-refractivity contribution in [2.24, 2.45) is 0 Å². The van der Waals surface area contributed by atoms with Gasteiger partial charge in [-0.3, -0.25) is 4.79 Å². The maximum absolute atomic E-state index is 12.9. The molecule has 0 N–H and O–H groups in total. The van der Waals surface area contributed by atoms with Gasteiger partial charge < -0.3 is 9.47 Å². The normalized spacial score (nSPS) is 10.0. The number of rotatable bonds is 4. The van der Waals surface area contributed by atoms with Crippen LogP contribution in [0.4, 0.5) is 8.78 Å². The molecule has 0 radical (unpaired) electrons. The standard InChI is InChI=1S/C11H10F2N2O3/c1-17-8-3-6(4-9(16)18-2)10(11(12)13)7(5-14)15-8/h3,11H,4H2,1-2H3. The molecule has 0 spiro atoms. The average molecular weight is 256 g/mol. The summed E-state index contributed by atoms with van der Waals surface area (Å²) in [5, 5.41) is 8.79. The fourth-order valence-electron chi connectivity index (χ4n) is 1.39. The Hall–Kier alpha value is -2.23. The third-order valence-corrected chi connectivity index (χ3v) is 2.22. The molecular formula is C11H10F2N2O3. The number of hydrogen-bond donors (Lipinski definition) is 0. The number of esters is 1. The minimum atomic E-state index is -2.90. The van der Waals surface area contributed by atoms with Crippen LogP contribution in [0.1, 0.15) is 23.2 Å². The molecule has 0 aliphatic carbocycles. The number of nitrogens with zero attached hydrogens (tertiary/aromatic N) is 2. The molecule has 18 heavy (non-hydrogen) atoms. The smallest absolute Gasteiger partial charge is 0.309 e. The average Bonchev–Trinajstić information content (AvgIpc) is 2.36. The van der Waals surface area contributed by atoms with Crippen molar-refractivity contribution in [3.63, 3.8) is 0 Å². The zero-order valence-electron chi connectivity index (χ0n) is 9.74. The Bertz CT molecular complexity index is 498.